The van der Waals surface area contributed by atoms with Crippen molar-refractivity contribution in [3.8, 4) is 0 Å². The van der Waals surface area contributed by atoms with E-state index in [1.165, 1.54) is 11.1 Å². The first kappa shape index (κ1) is 18.3. The molecular weight excluding hydrogens is 282 g/mol. The van der Waals surface area contributed by atoms with Gasteiger partial charge in [0.05, 0.1) is 18.1 Å². The first-order valence-electron chi connectivity index (χ1n) is 7.75. The Morgan fingerprint density at radius 3 is 2.24 bits per heavy atom. The molecule has 0 bridgehead atoms. The molecule has 4 heteroatoms. The molecule has 0 aromatic heterocycles. The van der Waals surface area contributed by atoms with Crippen LogP contribution in [0.5, 0.6) is 0 Å². The van der Waals surface area contributed by atoms with Crippen LogP contribution in [-0.2, 0) is 21.1 Å². The quantitative estimate of drug-likeness (QED) is 0.834. The number of morpholine rings is 1. The number of rotatable bonds is 2. The van der Waals surface area contributed by atoms with Crippen LogP contribution in [0.3, 0.4) is 0 Å². The normalized spacial score (nSPS) is 17.8. The summed E-state index contributed by atoms with van der Waals surface area (Å²) < 4.78 is 20.1. The summed E-state index contributed by atoms with van der Waals surface area (Å²) in [6.07, 6.45) is 0. The van der Waals surface area contributed by atoms with E-state index >= 15 is 0 Å². The Morgan fingerprint density at radius 1 is 1.14 bits per heavy atom. The van der Waals surface area contributed by atoms with Gasteiger partial charge in [-0.2, -0.15) is 0 Å². The Labute approximate surface area is 132 Å². The summed E-state index contributed by atoms with van der Waals surface area (Å²) in [5, 5.41) is 0. The van der Waals surface area contributed by atoms with Crippen molar-refractivity contribution < 1.29 is 8.95 Å². The van der Waals surface area contributed by atoms with E-state index < -0.39 is 11.0 Å². The fourth-order valence-corrected chi connectivity index (χ4v) is 3.73. The van der Waals surface area contributed by atoms with Gasteiger partial charge in [-0.05, 0) is 24.0 Å². The Balaban J connectivity index is 0.00000106. The van der Waals surface area contributed by atoms with Crippen molar-refractivity contribution in [3.05, 3.63) is 29.3 Å². The maximum atomic E-state index is 12.8. The van der Waals surface area contributed by atoms with Crippen LogP contribution >= 0.6 is 0 Å². The molecule has 1 atom stereocenters. The molecule has 0 aliphatic carbocycles. The van der Waals surface area contributed by atoms with E-state index in [4.69, 9.17) is 4.74 Å². The Kier molecular flexibility index (Phi) is 7.04. The fourth-order valence-electron chi connectivity index (χ4n) is 2.23. The summed E-state index contributed by atoms with van der Waals surface area (Å²) in [5.41, 5.74) is 2.40. The largest absolute Gasteiger partial charge is 0.379 e. The lowest BCUT2D eigenvalue weighted by molar-refractivity contribution is 0.0751. The SMILES string of the molecule is CC.Cc1ccc(S(=O)N2CCOCC2)c(C(C)(C)C)c1. The number of benzene rings is 1. The molecular formula is C17H29NO2S. The molecule has 0 spiro atoms. The Morgan fingerprint density at radius 2 is 1.71 bits per heavy atom. The molecule has 0 N–H and O–H groups in total. The average Bonchev–Trinajstić information content (AvgIpc) is 2.48. The highest BCUT2D eigenvalue weighted by Crippen LogP contribution is 2.30. The summed E-state index contributed by atoms with van der Waals surface area (Å²) in [6.45, 7) is 15.4. The lowest BCUT2D eigenvalue weighted by Gasteiger charge is -2.29. The number of ether oxygens (including phenoxy) is 1. The van der Waals surface area contributed by atoms with E-state index in [-0.39, 0.29) is 5.41 Å². The molecule has 1 heterocycles. The maximum Gasteiger partial charge on any atom is 0.128 e. The lowest BCUT2D eigenvalue weighted by atomic mass is 9.86. The second-order valence-electron chi connectivity index (χ2n) is 6.04. The molecule has 2 rings (SSSR count). The van der Waals surface area contributed by atoms with Gasteiger partial charge >= 0.3 is 0 Å². The van der Waals surface area contributed by atoms with Crippen molar-refractivity contribution in [1.82, 2.24) is 4.31 Å². The van der Waals surface area contributed by atoms with Gasteiger partial charge in [-0.15, -0.1) is 0 Å². The zero-order valence-corrected chi connectivity index (χ0v) is 15.0. The van der Waals surface area contributed by atoms with E-state index in [1.807, 2.05) is 30.3 Å². The molecule has 0 saturated carbocycles. The third-order valence-corrected chi connectivity index (χ3v) is 4.90. The van der Waals surface area contributed by atoms with Crippen LogP contribution in [0.15, 0.2) is 23.1 Å². The van der Waals surface area contributed by atoms with Crippen molar-refractivity contribution in [2.45, 2.75) is 51.9 Å². The second kappa shape index (κ2) is 8.06. The van der Waals surface area contributed by atoms with Gasteiger partial charge in [0.15, 0.2) is 0 Å². The van der Waals surface area contributed by atoms with Crippen LogP contribution in [0.4, 0.5) is 0 Å². The number of hydrogen-bond acceptors (Lipinski definition) is 2. The van der Waals surface area contributed by atoms with Crippen LogP contribution in [-0.4, -0.2) is 34.8 Å². The summed E-state index contributed by atoms with van der Waals surface area (Å²) in [7, 11) is -1.08. The van der Waals surface area contributed by atoms with Gasteiger partial charge in [0.2, 0.25) is 0 Å². The van der Waals surface area contributed by atoms with Crippen LogP contribution in [0.25, 0.3) is 0 Å². The minimum atomic E-state index is -1.08. The summed E-state index contributed by atoms with van der Waals surface area (Å²) in [5.74, 6) is 0. The van der Waals surface area contributed by atoms with Gasteiger partial charge in [-0.3, -0.25) is 0 Å². The molecule has 0 amide bonds. The maximum absolute atomic E-state index is 12.8. The Bertz CT molecular complexity index is 474. The minimum Gasteiger partial charge on any atom is -0.379 e. The third kappa shape index (κ3) is 4.90. The fraction of sp³-hybridized carbons (Fsp3) is 0.647. The van der Waals surface area contributed by atoms with E-state index in [1.54, 1.807) is 0 Å². The summed E-state index contributed by atoms with van der Waals surface area (Å²) in [6, 6.07) is 6.22. The number of aryl methyl sites for hydroxylation is 1. The van der Waals surface area contributed by atoms with Crippen molar-refractivity contribution in [2.75, 3.05) is 26.3 Å². The monoisotopic (exact) mass is 311 g/mol. The minimum absolute atomic E-state index is 0.00327. The van der Waals surface area contributed by atoms with Crippen molar-refractivity contribution in [1.29, 1.82) is 0 Å². The molecule has 1 aliphatic heterocycles. The molecule has 1 aromatic carbocycles. The standard InChI is InChI=1S/C15H23NO2S.C2H6/c1-12-5-6-14(13(11-12)15(2,3)4)19(17)16-7-9-18-10-8-16;1-2/h5-6,11H,7-10H2,1-4H3;1-2H3. The van der Waals surface area contributed by atoms with Gasteiger partial charge < -0.3 is 4.74 Å². The first-order valence-corrected chi connectivity index (χ1v) is 8.86. The van der Waals surface area contributed by atoms with E-state index in [0.29, 0.717) is 13.2 Å². The summed E-state index contributed by atoms with van der Waals surface area (Å²) in [4.78, 5) is 0.944. The van der Waals surface area contributed by atoms with Gasteiger partial charge in [-0.25, -0.2) is 8.51 Å². The molecule has 21 heavy (non-hydrogen) atoms. The van der Waals surface area contributed by atoms with Crippen molar-refractivity contribution in [3.63, 3.8) is 0 Å². The molecule has 3 nitrogen and oxygen atoms in total. The number of hydrogen-bond donors (Lipinski definition) is 0. The van der Waals surface area contributed by atoms with Crippen LogP contribution in [0.2, 0.25) is 0 Å². The molecule has 1 aliphatic rings. The molecule has 1 unspecified atom stereocenters. The van der Waals surface area contributed by atoms with Crippen LogP contribution in [0.1, 0.15) is 45.7 Å². The van der Waals surface area contributed by atoms with Gasteiger partial charge in [0.1, 0.15) is 11.0 Å². The molecule has 120 valence electrons. The van der Waals surface area contributed by atoms with E-state index in [2.05, 4.69) is 33.8 Å². The highest BCUT2D eigenvalue weighted by atomic mass is 32.2. The first-order chi connectivity index (χ1) is 9.89. The zero-order chi connectivity index (χ0) is 16.0. The highest BCUT2D eigenvalue weighted by Gasteiger charge is 2.25. The van der Waals surface area contributed by atoms with Gasteiger partial charge in [0, 0.05) is 13.1 Å². The molecule has 1 saturated heterocycles. The zero-order valence-electron chi connectivity index (χ0n) is 14.2. The average molecular weight is 311 g/mol. The predicted molar refractivity (Wildman–Crippen MR) is 90.0 cm³/mol. The van der Waals surface area contributed by atoms with Crippen LogP contribution in [0, 0.1) is 6.92 Å². The topological polar surface area (TPSA) is 29.5 Å². The smallest absolute Gasteiger partial charge is 0.128 e. The number of nitrogens with zero attached hydrogens (tertiary/aromatic N) is 1. The van der Waals surface area contributed by atoms with Crippen molar-refractivity contribution >= 4 is 11.0 Å². The Hall–Kier alpha value is -0.710. The highest BCUT2D eigenvalue weighted by molar-refractivity contribution is 7.82. The van der Waals surface area contributed by atoms with Crippen LogP contribution < -0.4 is 0 Å². The third-order valence-electron chi connectivity index (χ3n) is 3.34. The van der Waals surface area contributed by atoms with Crippen molar-refractivity contribution in [2.24, 2.45) is 0 Å². The van der Waals surface area contributed by atoms with E-state index in [9.17, 15) is 4.21 Å². The van der Waals surface area contributed by atoms with Gasteiger partial charge in [0.25, 0.3) is 0 Å². The van der Waals surface area contributed by atoms with E-state index in [0.717, 1.165) is 18.0 Å². The van der Waals surface area contributed by atoms with Gasteiger partial charge in [-0.1, -0.05) is 52.3 Å². The molecule has 0 radical (unpaired) electrons. The second-order valence-corrected chi connectivity index (χ2v) is 7.49. The molecule has 1 fully saturated rings. The predicted octanol–water partition coefficient (Wildman–Crippen LogP) is 3.67. The summed E-state index contributed by atoms with van der Waals surface area (Å²) >= 11 is 0. The molecule has 1 aromatic rings. The lowest BCUT2D eigenvalue weighted by Crippen LogP contribution is -2.38.